The molecular weight excluding hydrogens is 892 g/mol. The van der Waals surface area contributed by atoms with E-state index in [1.165, 1.54) is 94.3 Å². The van der Waals surface area contributed by atoms with Crippen molar-refractivity contribution in [3.8, 4) is 22.3 Å². The van der Waals surface area contributed by atoms with Crippen LogP contribution in [0, 0.1) is 20.7 Å². The molecule has 0 bridgehead atoms. The maximum atomic E-state index is 9.34. The first kappa shape index (κ1) is 44.5. The first-order valence-electron chi connectivity index (χ1n) is 29.5. The van der Waals surface area contributed by atoms with E-state index in [2.05, 4.69) is 230 Å². The molecule has 7 aromatic rings. The molecule has 0 aromatic heterocycles. The lowest BCUT2D eigenvalue weighted by atomic mass is 9.33. The predicted molar refractivity (Wildman–Crippen MR) is 319 cm³/mol. The predicted octanol–water partition coefficient (Wildman–Crippen LogP) is 17.3. The normalized spacial score (nSPS) is 21.4. The van der Waals surface area contributed by atoms with E-state index in [4.69, 9.17) is 0 Å². The molecule has 0 saturated heterocycles. The summed E-state index contributed by atoms with van der Waals surface area (Å²) in [5, 5.41) is 0. The third-order valence-corrected chi connectivity index (χ3v) is 20.3. The van der Waals surface area contributed by atoms with Gasteiger partial charge in [0.2, 0.25) is 0 Å². The Balaban J connectivity index is 1.18. The number of rotatable bonds is 3. The molecule has 376 valence electrons. The minimum atomic E-state index is -2.38. The first-order chi connectivity index (χ1) is 35.8. The van der Waals surface area contributed by atoms with Crippen molar-refractivity contribution in [3.05, 3.63) is 170 Å². The van der Waals surface area contributed by atoms with Crippen LogP contribution in [0.2, 0.25) is 0 Å². The second kappa shape index (κ2) is 15.0. The molecule has 2 heterocycles. The molecule has 0 amide bonds. The summed E-state index contributed by atoms with van der Waals surface area (Å²) in [7, 11) is 0. The number of anilines is 6. The van der Waals surface area contributed by atoms with Crippen molar-refractivity contribution in [2.45, 2.75) is 188 Å². The van der Waals surface area contributed by atoms with Gasteiger partial charge in [-0.25, -0.2) is 0 Å². The summed E-state index contributed by atoms with van der Waals surface area (Å²) in [5.41, 5.74) is 28.9. The van der Waals surface area contributed by atoms with Crippen LogP contribution in [-0.4, -0.2) is 6.71 Å². The Morgan fingerprint density at radius 2 is 0.865 bits per heavy atom. The molecule has 7 aromatic carbocycles. The van der Waals surface area contributed by atoms with Gasteiger partial charge >= 0.3 is 0 Å². The maximum Gasteiger partial charge on any atom is 0.252 e. The van der Waals surface area contributed by atoms with E-state index >= 15 is 0 Å². The average molecular weight is 974 g/mol. The van der Waals surface area contributed by atoms with Crippen LogP contribution in [-0.2, 0) is 37.9 Å². The minimum absolute atomic E-state index is 0.0285. The SMILES string of the molecule is [2H]C([2H])([2H])c1cc2c3c(c1)N(c1cc4c(cc1C)C(C)(C)CCC4(C)C)c1cc4c(cc1B3c1cc(-c3cccc5c3-c3ccccc3C5(C)C)ccc1N2c1cc2c(cc1C)C(C)(C)CCC2(C)C)C(C)(C)CC4(C)C. The number of hydrogen-bond acceptors (Lipinski definition) is 2. The monoisotopic (exact) mass is 974 g/mol. The largest absolute Gasteiger partial charge is 0.311 e. The molecule has 0 N–H and O–H groups in total. The second-order valence-corrected chi connectivity index (χ2v) is 28.5. The van der Waals surface area contributed by atoms with Crippen molar-refractivity contribution in [1.82, 2.24) is 0 Å². The fourth-order valence-electron chi connectivity index (χ4n) is 16.0. The van der Waals surface area contributed by atoms with Crippen LogP contribution in [0.4, 0.5) is 34.1 Å². The molecule has 0 atom stereocenters. The Bertz CT molecular complexity index is 3750. The van der Waals surface area contributed by atoms with Gasteiger partial charge in [-0.05, 0) is 222 Å². The molecular formula is C71H79BN2. The fourth-order valence-corrected chi connectivity index (χ4v) is 16.0. The molecule has 3 heteroatoms. The van der Waals surface area contributed by atoms with Crippen molar-refractivity contribution < 1.29 is 4.11 Å². The second-order valence-electron chi connectivity index (χ2n) is 28.5. The molecule has 74 heavy (non-hydrogen) atoms. The molecule has 2 aliphatic heterocycles. The fraction of sp³-hybridized carbons (Fsp3) is 0.408. The van der Waals surface area contributed by atoms with Crippen LogP contribution in [0.15, 0.2) is 109 Å². The summed E-state index contributed by atoms with van der Waals surface area (Å²) in [4.78, 5) is 5.04. The molecule has 4 aliphatic carbocycles. The lowest BCUT2D eigenvalue weighted by Crippen LogP contribution is -2.61. The van der Waals surface area contributed by atoms with Crippen LogP contribution in [0.5, 0.6) is 0 Å². The third kappa shape index (κ3) is 6.49. The van der Waals surface area contributed by atoms with E-state index in [9.17, 15) is 4.11 Å². The van der Waals surface area contributed by atoms with Crippen molar-refractivity contribution in [2.24, 2.45) is 0 Å². The van der Waals surface area contributed by atoms with Crippen LogP contribution >= 0.6 is 0 Å². The zero-order chi connectivity index (χ0) is 54.9. The van der Waals surface area contributed by atoms with Gasteiger partial charge in [0.25, 0.3) is 6.71 Å². The molecule has 0 radical (unpaired) electrons. The van der Waals surface area contributed by atoms with Crippen molar-refractivity contribution in [1.29, 1.82) is 0 Å². The highest BCUT2D eigenvalue weighted by atomic mass is 15.2. The Kier molecular flexibility index (Phi) is 9.01. The van der Waals surface area contributed by atoms with E-state index in [0.29, 0.717) is 5.56 Å². The highest BCUT2D eigenvalue weighted by molar-refractivity contribution is 7.00. The van der Waals surface area contributed by atoms with E-state index in [1.807, 2.05) is 0 Å². The zero-order valence-electron chi connectivity index (χ0n) is 50.4. The van der Waals surface area contributed by atoms with Gasteiger partial charge in [-0.2, -0.15) is 0 Å². The lowest BCUT2D eigenvalue weighted by molar-refractivity contribution is 0.332. The number of nitrogens with zero attached hydrogens (tertiary/aromatic N) is 2. The first-order valence-corrected chi connectivity index (χ1v) is 28.0. The third-order valence-electron chi connectivity index (χ3n) is 20.3. The standard InChI is InChI=1S/C71H79BN2/c1-41-31-61-64-62(32-41)74(59-38-53-50(34-43(59)3)66(6,7)28-30-68(53,10)11)60-39-54-51(69(12,13)40-70(54,14)15)36-56(60)72(64)55-35-44(45-22-20-24-48-63(45)46-21-18-19-23-47(46)71(48,16)17)25-26-57(55)73(61)58-37-52-49(33-42(58)2)65(4,5)27-29-67(52,8)9/h18-26,31-39H,27-30,40H2,1-17H3/i1D3. The van der Waals surface area contributed by atoms with Crippen molar-refractivity contribution >= 4 is 57.2 Å². The quantitative estimate of drug-likeness (QED) is 0.163. The van der Waals surface area contributed by atoms with Gasteiger partial charge in [-0.15, -0.1) is 0 Å². The summed E-state index contributed by atoms with van der Waals surface area (Å²) >= 11 is 0. The number of benzene rings is 7. The smallest absolute Gasteiger partial charge is 0.252 e. The highest BCUT2D eigenvalue weighted by Crippen LogP contribution is 2.57. The topological polar surface area (TPSA) is 6.48 Å². The summed E-state index contributed by atoms with van der Waals surface area (Å²) in [6.07, 6.45) is 5.51. The number of fused-ring (bicyclic) bond motifs is 10. The molecule has 0 spiro atoms. The molecule has 6 aliphatic rings. The van der Waals surface area contributed by atoms with Crippen LogP contribution in [0.1, 0.15) is 194 Å². The van der Waals surface area contributed by atoms with Gasteiger partial charge in [0, 0.05) is 43.7 Å². The van der Waals surface area contributed by atoms with E-state index in [-0.39, 0.29) is 44.6 Å². The Morgan fingerprint density at radius 3 is 1.43 bits per heavy atom. The van der Waals surface area contributed by atoms with Gasteiger partial charge in [0.05, 0.1) is 0 Å². The van der Waals surface area contributed by atoms with Crippen LogP contribution in [0.25, 0.3) is 22.3 Å². The van der Waals surface area contributed by atoms with Gasteiger partial charge in [-0.3, -0.25) is 0 Å². The Hall–Kier alpha value is -5.80. The van der Waals surface area contributed by atoms with Gasteiger partial charge in [-0.1, -0.05) is 170 Å². The number of aryl methyl sites for hydroxylation is 3. The van der Waals surface area contributed by atoms with Crippen LogP contribution in [0.3, 0.4) is 0 Å². The summed E-state index contributed by atoms with van der Waals surface area (Å²) in [5.74, 6) is 0. The number of hydrogen-bond donors (Lipinski definition) is 0. The van der Waals surface area contributed by atoms with Crippen molar-refractivity contribution in [2.75, 3.05) is 9.80 Å². The molecule has 2 nitrogen and oxygen atoms in total. The molecule has 13 rings (SSSR count). The molecule has 0 fully saturated rings. The van der Waals surface area contributed by atoms with Crippen LogP contribution < -0.4 is 26.2 Å². The van der Waals surface area contributed by atoms with Gasteiger partial charge in [0.1, 0.15) is 0 Å². The minimum Gasteiger partial charge on any atom is -0.311 e. The van der Waals surface area contributed by atoms with E-state index in [0.717, 1.165) is 66.2 Å². The van der Waals surface area contributed by atoms with Crippen molar-refractivity contribution in [3.63, 3.8) is 0 Å². The average Bonchev–Trinajstić information content (AvgIpc) is 3.76. The lowest BCUT2D eigenvalue weighted by Gasteiger charge is -2.47. The Labute approximate surface area is 449 Å². The van der Waals surface area contributed by atoms with E-state index < -0.39 is 6.85 Å². The van der Waals surface area contributed by atoms with Gasteiger partial charge < -0.3 is 9.80 Å². The molecule has 0 unspecified atom stereocenters. The zero-order valence-corrected chi connectivity index (χ0v) is 47.4. The molecule has 0 saturated carbocycles. The van der Waals surface area contributed by atoms with E-state index in [1.54, 1.807) is 0 Å². The Morgan fingerprint density at radius 1 is 0.405 bits per heavy atom. The summed E-state index contributed by atoms with van der Waals surface area (Å²) in [6, 6.07) is 42.5. The summed E-state index contributed by atoms with van der Waals surface area (Å²) in [6.45, 7) is 35.8. The van der Waals surface area contributed by atoms with Gasteiger partial charge in [0.15, 0.2) is 0 Å². The highest BCUT2D eigenvalue weighted by Gasteiger charge is 2.50. The maximum absolute atomic E-state index is 9.34. The summed E-state index contributed by atoms with van der Waals surface area (Å²) < 4.78 is 28.0.